The first-order chi connectivity index (χ1) is 16.2. The fourth-order valence-corrected chi connectivity index (χ4v) is 3.99. The van der Waals surface area contributed by atoms with Crippen molar-refractivity contribution in [3.63, 3.8) is 0 Å². The van der Waals surface area contributed by atoms with Gasteiger partial charge in [0, 0.05) is 6.54 Å². The molecule has 170 valence electrons. The summed E-state index contributed by atoms with van der Waals surface area (Å²) in [6.45, 7) is 3.24. The topological polar surface area (TPSA) is 51.1 Å². The van der Waals surface area contributed by atoms with Crippen molar-refractivity contribution in [3.05, 3.63) is 108 Å². The van der Waals surface area contributed by atoms with E-state index in [4.69, 9.17) is 14.5 Å². The highest BCUT2D eigenvalue weighted by Gasteiger charge is 2.34. The second-order valence-electron chi connectivity index (χ2n) is 8.16. The van der Waals surface area contributed by atoms with Crippen molar-refractivity contribution in [2.75, 3.05) is 6.61 Å². The van der Waals surface area contributed by atoms with Gasteiger partial charge in [-0.3, -0.25) is 4.90 Å². The highest BCUT2D eigenvalue weighted by atomic mass is 16.6. The summed E-state index contributed by atoms with van der Waals surface area (Å²) < 4.78 is 11.8. The number of amides is 1. The molecule has 0 aromatic heterocycles. The minimum absolute atomic E-state index is 0.0560. The van der Waals surface area contributed by atoms with Crippen LogP contribution in [0.15, 0.2) is 96.0 Å². The van der Waals surface area contributed by atoms with Gasteiger partial charge in [-0.05, 0) is 23.1 Å². The van der Waals surface area contributed by atoms with E-state index in [1.165, 1.54) is 0 Å². The summed E-state index contributed by atoms with van der Waals surface area (Å²) >= 11 is 0. The number of hydrogen-bond acceptors (Lipinski definition) is 4. The third-order valence-corrected chi connectivity index (χ3v) is 5.72. The van der Waals surface area contributed by atoms with E-state index >= 15 is 0 Å². The summed E-state index contributed by atoms with van der Waals surface area (Å²) in [4.78, 5) is 20.0. The number of carbonyl (C=O) groups is 1. The van der Waals surface area contributed by atoms with Gasteiger partial charge in [0.15, 0.2) is 0 Å². The number of rotatable bonds is 9. The molecule has 0 fully saturated rings. The zero-order chi connectivity index (χ0) is 22.9. The summed E-state index contributed by atoms with van der Waals surface area (Å²) in [6, 6.07) is 29.5. The van der Waals surface area contributed by atoms with Crippen LogP contribution in [0, 0.1) is 0 Å². The minimum atomic E-state index is -0.365. The average Bonchev–Trinajstić information content (AvgIpc) is 3.36. The number of carbonyl (C=O) groups excluding carboxylic acids is 1. The fraction of sp³-hybridized carbons (Fsp3) is 0.286. The Labute approximate surface area is 195 Å². The van der Waals surface area contributed by atoms with E-state index in [9.17, 15) is 4.79 Å². The molecule has 1 heterocycles. The van der Waals surface area contributed by atoms with Gasteiger partial charge in [0.2, 0.25) is 5.90 Å². The molecule has 0 bridgehead atoms. The third-order valence-electron chi connectivity index (χ3n) is 5.72. The zero-order valence-electron chi connectivity index (χ0n) is 19.0. The molecule has 1 aliphatic rings. The zero-order valence-corrected chi connectivity index (χ0v) is 19.0. The van der Waals surface area contributed by atoms with Crippen molar-refractivity contribution in [2.24, 2.45) is 4.99 Å². The van der Waals surface area contributed by atoms with Gasteiger partial charge in [0.05, 0.1) is 0 Å². The highest BCUT2D eigenvalue weighted by molar-refractivity contribution is 5.87. The van der Waals surface area contributed by atoms with Crippen LogP contribution in [0.5, 0.6) is 0 Å². The molecule has 0 spiro atoms. The first kappa shape index (κ1) is 22.6. The summed E-state index contributed by atoms with van der Waals surface area (Å²) in [5, 5.41) is 0. The van der Waals surface area contributed by atoms with E-state index in [1.54, 1.807) is 4.90 Å². The lowest BCUT2D eigenvalue weighted by Gasteiger charge is -2.30. The van der Waals surface area contributed by atoms with Crippen LogP contribution in [0.25, 0.3) is 0 Å². The van der Waals surface area contributed by atoms with Gasteiger partial charge in [0.1, 0.15) is 25.3 Å². The molecule has 1 aliphatic heterocycles. The first-order valence-corrected chi connectivity index (χ1v) is 11.5. The molecule has 0 saturated heterocycles. The predicted molar refractivity (Wildman–Crippen MR) is 130 cm³/mol. The van der Waals surface area contributed by atoms with Crippen molar-refractivity contribution in [1.29, 1.82) is 0 Å². The number of nitrogens with zero attached hydrogens (tertiary/aromatic N) is 2. The Morgan fingerprint density at radius 3 is 2.21 bits per heavy atom. The molecule has 0 N–H and O–H groups in total. The molecule has 5 heteroatoms. The third kappa shape index (κ3) is 6.01. The lowest BCUT2D eigenvalue weighted by molar-refractivity contribution is 0.0818. The lowest BCUT2D eigenvalue weighted by Crippen LogP contribution is -2.45. The number of hydrogen-bond donors (Lipinski definition) is 0. The summed E-state index contributed by atoms with van der Waals surface area (Å²) in [6.07, 6.45) is 1.27. The second kappa shape index (κ2) is 11.3. The maximum absolute atomic E-state index is 13.3. The normalized spacial score (nSPS) is 15.9. The Bertz CT molecular complexity index is 1040. The van der Waals surface area contributed by atoms with Crippen molar-refractivity contribution < 1.29 is 14.3 Å². The van der Waals surface area contributed by atoms with Crippen molar-refractivity contribution in [3.8, 4) is 0 Å². The number of aliphatic imine (C=N–C) groups is 1. The minimum Gasteiger partial charge on any atom is -0.477 e. The van der Waals surface area contributed by atoms with Crippen LogP contribution < -0.4 is 0 Å². The van der Waals surface area contributed by atoms with Crippen molar-refractivity contribution in [2.45, 2.75) is 45.0 Å². The van der Waals surface area contributed by atoms with Crippen LogP contribution >= 0.6 is 0 Å². The molecule has 0 radical (unpaired) electrons. The van der Waals surface area contributed by atoms with E-state index in [0.717, 1.165) is 29.5 Å². The maximum atomic E-state index is 13.3. The molecular formula is C28H30N2O3. The van der Waals surface area contributed by atoms with Gasteiger partial charge < -0.3 is 9.47 Å². The standard InChI is InChI=1S/C28H30N2O3/c1-2-12-26(27-29-25(21-32-27)24-17-10-5-11-18-24)30(19-22-13-6-3-7-14-22)28(31)33-20-23-15-8-4-9-16-23/h3-11,13-18,25-26H,2,12,19-21H2,1H3/t25-,26+/m0/s1. The second-order valence-corrected chi connectivity index (χ2v) is 8.16. The van der Waals surface area contributed by atoms with Gasteiger partial charge in [-0.1, -0.05) is 104 Å². The highest BCUT2D eigenvalue weighted by Crippen LogP contribution is 2.27. The van der Waals surface area contributed by atoms with Crippen LogP contribution in [-0.2, 0) is 22.6 Å². The Kier molecular flexibility index (Phi) is 7.75. The molecule has 0 saturated carbocycles. The molecule has 3 aromatic rings. The lowest BCUT2D eigenvalue weighted by atomic mass is 10.1. The Hall–Kier alpha value is -3.60. The molecule has 33 heavy (non-hydrogen) atoms. The van der Waals surface area contributed by atoms with Crippen LogP contribution in [-0.4, -0.2) is 29.5 Å². The molecule has 4 rings (SSSR count). The summed E-state index contributed by atoms with van der Waals surface area (Å²) in [5.74, 6) is 0.610. The molecule has 0 aliphatic carbocycles. The molecule has 2 atom stereocenters. The van der Waals surface area contributed by atoms with Gasteiger partial charge in [-0.2, -0.15) is 0 Å². The SMILES string of the molecule is CCC[C@H](C1=N[C@H](c2ccccc2)CO1)N(Cc1ccccc1)C(=O)OCc1ccccc1. The van der Waals surface area contributed by atoms with Crippen LogP contribution in [0.1, 0.15) is 42.5 Å². The molecule has 0 unspecified atom stereocenters. The van der Waals surface area contributed by atoms with Crippen molar-refractivity contribution >= 4 is 12.0 Å². The van der Waals surface area contributed by atoms with Gasteiger partial charge in [0.25, 0.3) is 0 Å². The molecular weight excluding hydrogens is 412 g/mol. The fourth-order valence-electron chi connectivity index (χ4n) is 3.99. The van der Waals surface area contributed by atoms with Gasteiger partial charge >= 0.3 is 6.09 Å². The van der Waals surface area contributed by atoms with Gasteiger partial charge in [-0.15, -0.1) is 0 Å². The Morgan fingerprint density at radius 1 is 0.970 bits per heavy atom. The molecule has 1 amide bonds. The number of ether oxygens (including phenoxy) is 2. The summed E-state index contributed by atoms with van der Waals surface area (Å²) in [7, 11) is 0. The van der Waals surface area contributed by atoms with Crippen molar-refractivity contribution in [1.82, 2.24) is 4.90 Å². The molecule has 3 aromatic carbocycles. The largest absolute Gasteiger partial charge is 0.477 e. The van der Waals surface area contributed by atoms with E-state index < -0.39 is 0 Å². The Balaban J connectivity index is 1.57. The molecule has 5 nitrogen and oxygen atoms in total. The summed E-state index contributed by atoms with van der Waals surface area (Å²) in [5.41, 5.74) is 3.11. The van der Waals surface area contributed by atoms with E-state index in [0.29, 0.717) is 19.0 Å². The van der Waals surface area contributed by atoms with E-state index in [1.807, 2.05) is 78.9 Å². The van der Waals surface area contributed by atoms with Gasteiger partial charge in [-0.25, -0.2) is 9.79 Å². The van der Waals surface area contributed by atoms with Crippen LogP contribution in [0.3, 0.4) is 0 Å². The van der Waals surface area contributed by atoms with E-state index in [-0.39, 0.29) is 24.8 Å². The number of benzene rings is 3. The van der Waals surface area contributed by atoms with Crippen LogP contribution in [0.2, 0.25) is 0 Å². The average molecular weight is 443 g/mol. The Morgan fingerprint density at radius 2 is 1.58 bits per heavy atom. The van der Waals surface area contributed by atoms with Crippen LogP contribution in [0.4, 0.5) is 4.79 Å². The quantitative estimate of drug-likeness (QED) is 0.398. The predicted octanol–water partition coefficient (Wildman–Crippen LogP) is 6.16. The smallest absolute Gasteiger partial charge is 0.411 e. The van der Waals surface area contributed by atoms with E-state index in [2.05, 4.69) is 19.1 Å². The monoisotopic (exact) mass is 442 g/mol. The maximum Gasteiger partial charge on any atom is 0.411 e. The first-order valence-electron chi connectivity index (χ1n) is 11.5.